The van der Waals surface area contributed by atoms with Gasteiger partial charge >= 0.3 is 11.9 Å². The van der Waals surface area contributed by atoms with E-state index in [2.05, 4.69) is 19.1 Å². The molecular formula is C27H50O4. The summed E-state index contributed by atoms with van der Waals surface area (Å²) in [6.45, 7) is 4.56. The summed E-state index contributed by atoms with van der Waals surface area (Å²) in [5, 5.41) is 9.28. The fourth-order valence-electron chi connectivity index (χ4n) is 3.78. The zero-order valence-electron chi connectivity index (χ0n) is 20.5. The first kappa shape index (κ1) is 29.7. The smallest absolute Gasteiger partial charge is 0.307 e. The number of ether oxygens (including phenoxy) is 1. The second kappa shape index (κ2) is 23.3. The second-order valence-corrected chi connectivity index (χ2v) is 8.89. The lowest BCUT2D eigenvalue weighted by Gasteiger charge is -2.11. The number of unbranched alkanes of at least 4 members (excludes halogenated alkanes) is 14. The van der Waals surface area contributed by atoms with Crippen LogP contribution in [0.15, 0.2) is 12.2 Å². The number of rotatable bonds is 23. The molecule has 1 atom stereocenters. The number of hydrogen-bond donors (Lipinski definition) is 1. The molecule has 0 bridgehead atoms. The number of carboxylic acids is 1. The van der Waals surface area contributed by atoms with Crippen LogP contribution in [-0.2, 0) is 14.3 Å². The Labute approximate surface area is 192 Å². The number of carbonyl (C=O) groups is 2. The van der Waals surface area contributed by atoms with Crippen molar-refractivity contribution in [3.63, 3.8) is 0 Å². The first-order valence-corrected chi connectivity index (χ1v) is 13.1. The minimum atomic E-state index is -0.879. The third-order valence-corrected chi connectivity index (χ3v) is 5.79. The van der Waals surface area contributed by atoms with E-state index in [-0.39, 0.29) is 12.4 Å². The van der Waals surface area contributed by atoms with Gasteiger partial charge in [-0.1, -0.05) is 103 Å². The summed E-state index contributed by atoms with van der Waals surface area (Å²) >= 11 is 0. The molecule has 0 aliphatic carbocycles. The van der Waals surface area contributed by atoms with E-state index < -0.39 is 11.9 Å². The van der Waals surface area contributed by atoms with Gasteiger partial charge in [-0.2, -0.15) is 0 Å². The minimum Gasteiger partial charge on any atom is -0.481 e. The maximum Gasteiger partial charge on any atom is 0.307 e. The Bertz CT molecular complexity index is 445. The van der Waals surface area contributed by atoms with Crippen molar-refractivity contribution < 1.29 is 19.4 Å². The first-order valence-electron chi connectivity index (χ1n) is 13.1. The Kier molecular flexibility index (Phi) is 22.4. The molecule has 1 N–H and O–H groups in total. The first-order chi connectivity index (χ1) is 15.1. The summed E-state index contributed by atoms with van der Waals surface area (Å²) in [6, 6.07) is 0. The van der Waals surface area contributed by atoms with Crippen LogP contribution in [0.4, 0.5) is 0 Å². The van der Waals surface area contributed by atoms with E-state index >= 15 is 0 Å². The van der Waals surface area contributed by atoms with E-state index in [0.29, 0.717) is 13.0 Å². The molecule has 0 rings (SSSR count). The highest BCUT2D eigenvalue weighted by atomic mass is 16.5. The van der Waals surface area contributed by atoms with Crippen molar-refractivity contribution in [1.82, 2.24) is 0 Å². The highest BCUT2D eigenvalue weighted by Crippen LogP contribution is 2.17. The van der Waals surface area contributed by atoms with Crippen molar-refractivity contribution in [2.45, 2.75) is 136 Å². The molecule has 1 unspecified atom stereocenters. The van der Waals surface area contributed by atoms with Gasteiger partial charge in [0.25, 0.3) is 0 Å². The van der Waals surface area contributed by atoms with Gasteiger partial charge in [-0.15, -0.1) is 0 Å². The molecule has 0 spiro atoms. The van der Waals surface area contributed by atoms with Crippen LogP contribution >= 0.6 is 0 Å². The van der Waals surface area contributed by atoms with Crippen molar-refractivity contribution in [2.75, 3.05) is 6.61 Å². The van der Waals surface area contributed by atoms with Gasteiger partial charge in [-0.25, -0.2) is 0 Å². The molecule has 182 valence electrons. The van der Waals surface area contributed by atoms with Gasteiger partial charge < -0.3 is 9.84 Å². The standard InChI is InChI=1S/C27H50O4/c1-3-5-6-7-8-9-10-11-12-13-14-15-16-17-18-19-20-21-22-25(27(29)30)24-26(28)31-23-4-2/h9-10,25H,3-8,11-24H2,1-2H3,(H,29,30)/b10-9+. The monoisotopic (exact) mass is 438 g/mol. The number of allylic oxidation sites excluding steroid dienone is 2. The normalized spacial score (nSPS) is 12.3. The van der Waals surface area contributed by atoms with Gasteiger partial charge in [-0.05, 0) is 38.5 Å². The summed E-state index contributed by atoms with van der Waals surface area (Å²) in [7, 11) is 0. The number of esters is 1. The highest BCUT2D eigenvalue weighted by molar-refractivity contribution is 5.78. The quantitative estimate of drug-likeness (QED) is 0.0991. The van der Waals surface area contributed by atoms with E-state index in [9.17, 15) is 14.7 Å². The molecular weight excluding hydrogens is 388 g/mol. The van der Waals surface area contributed by atoms with Gasteiger partial charge in [0.05, 0.1) is 18.9 Å². The molecule has 0 heterocycles. The molecule has 0 saturated heterocycles. The van der Waals surface area contributed by atoms with Gasteiger partial charge in [0.2, 0.25) is 0 Å². The number of hydrogen-bond acceptors (Lipinski definition) is 3. The highest BCUT2D eigenvalue weighted by Gasteiger charge is 2.21. The number of carbonyl (C=O) groups excluding carboxylic acids is 1. The molecule has 4 heteroatoms. The topological polar surface area (TPSA) is 63.6 Å². The van der Waals surface area contributed by atoms with Gasteiger partial charge in [0.1, 0.15) is 0 Å². The fourth-order valence-corrected chi connectivity index (χ4v) is 3.78. The third kappa shape index (κ3) is 21.7. The SMILES string of the molecule is CCCCCC/C=C/CCCCCCCCCCCCC(CC(=O)OCCC)C(=O)O. The lowest BCUT2D eigenvalue weighted by atomic mass is 9.97. The summed E-state index contributed by atoms with van der Waals surface area (Å²) in [5.41, 5.74) is 0. The van der Waals surface area contributed by atoms with Gasteiger partial charge in [0.15, 0.2) is 0 Å². The van der Waals surface area contributed by atoms with Crippen LogP contribution in [0.2, 0.25) is 0 Å². The van der Waals surface area contributed by atoms with Gasteiger partial charge in [-0.3, -0.25) is 9.59 Å². The van der Waals surface area contributed by atoms with E-state index in [1.165, 1.54) is 83.5 Å². The third-order valence-electron chi connectivity index (χ3n) is 5.79. The molecule has 0 saturated carbocycles. The molecule has 0 aromatic carbocycles. The number of carboxylic acid groups (broad SMARTS) is 1. The molecule has 0 aliphatic rings. The predicted octanol–water partition coefficient (Wildman–Crippen LogP) is 8.24. The van der Waals surface area contributed by atoms with Crippen LogP contribution in [0.5, 0.6) is 0 Å². The van der Waals surface area contributed by atoms with Gasteiger partial charge in [0, 0.05) is 0 Å². The molecule has 4 nitrogen and oxygen atoms in total. The van der Waals surface area contributed by atoms with E-state index in [4.69, 9.17) is 4.74 Å². The zero-order chi connectivity index (χ0) is 23.0. The molecule has 0 aromatic heterocycles. The van der Waals surface area contributed by atoms with Crippen molar-refractivity contribution in [3.05, 3.63) is 12.2 Å². The van der Waals surface area contributed by atoms with Crippen molar-refractivity contribution in [2.24, 2.45) is 5.92 Å². The summed E-state index contributed by atoms with van der Waals surface area (Å²) in [4.78, 5) is 22.9. The number of aliphatic carboxylic acids is 1. The van der Waals surface area contributed by atoms with E-state index in [0.717, 1.165) is 25.7 Å². The molecule has 0 fully saturated rings. The van der Waals surface area contributed by atoms with E-state index in [1.807, 2.05) is 6.92 Å². The lowest BCUT2D eigenvalue weighted by molar-refractivity contribution is -0.151. The average Bonchev–Trinajstić information content (AvgIpc) is 2.75. The Morgan fingerprint density at radius 1 is 0.710 bits per heavy atom. The largest absolute Gasteiger partial charge is 0.481 e. The Morgan fingerprint density at radius 2 is 1.19 bits per heavy atom. The molecule has 0 radical (unpaired) electrons. The van der Waals surface area contributed by atoms with Crippen molar-refractivity contribution in [3.8, 4) is 0 Å². The van der Waals surface area contributed by atoms with Crippen LogP contribution in [0.25, 0.3) is 0 Å². The molecule has 31 heavy (non-hydrogen) atoms. The second-order valence-electron chi connectivity index (χ2n) is 8.89. The molecule has 0 amide bonds. The van der Waals surface area contributed by atoms with Crippen LogP contribution in [-0.4, -0.2) is 23.7 Å². The Morgan fingerprint density at radius 3 is 1.68 bits per heavy atom. The summed E-state index contributed by atoms with van der Waals surface area (Å²) < 4.78 is 5.01. The molecule has 0 aliphatic heterocycles. The maximum atomic E-state index is 11.6. The van der Waals surface area contributed by atoms with Crippen LogP contribution in [0, 0.1) is 5.92 Å². The lowest BCUT2D eigenvalue weighted by Crippen LogP contribution is -2.19. The minimum absolute atomic E-state index is 0.00405. The van der Waals surface area contributed by atoms with Crippen molar-refractivity contribution in [1.29, 1.82) is 0 Å². The van der Waals surface area contributed by atoms with Crippen molar-refractivity contribution >= 4 is 11.9 Å². The zero-order valence-corrected chi connectivity index (χ0v) is 20.5. The molecule has 0 aromatic rings. The van der Waals surface area contributed by atoms with Crippen LogP contribution < -0.4 is 0 Å². The fraction of sp³-hybridized carbons (Fsp3) is 0.852. The summed E-state index contributed by atoms with van der Waals surface area (Å²) in [5.74, 6) is -1.86. The van der Waals surface area contributed by atoms with Crippen LogP contribution in [0.3, 0.4) is 0 Å². The Balaban J connectivity index is 3.44. The average molecular weight is 439 g/mol. The van der Waals surface area contributed by atoms with E-state index in [1.54, 1.807) is 0 Å². The summed E-state index contributed by atoms with van der Waals surface area (Å²) in [6.07, 6.45) is 26.2. The maximum absolute atomic E-state index is 11.6. The van der Waals surface area contributed by atoms with Crippen LogP contribution in [0.1, 0.15) is 136 Å². The Hall–Kier alpha value is -1.32. The predicted molar refractivity (Wildman–Crippen MR) is 130 cm³/mol.